The van der Waals surface area contributed by atoms with Crippen molar-refractivity contribution in [2.75, 3.05) is 32.2 Å². The molecule has 0 aliphatic carbocycles. The lowest BCUT2D eigenvalue weighted by Crippen LogP contribution is -2.25. The van der Waals surface area contributed by atoms with E-state index in [-0.39, 0.29) is 5.91 Å². The normalized spacial score (nSPS) is 13.6. The van der Waals surface area contributed by atoms with Crippen LogP contribution in [0, 0.1) is 0 Å². The Morgan fingerprint density at radius 3 is 2.60 bits per heavy atom. The highest BCUT2D eigenvalue weighted by atomic mass is 16.5. The highest BCUT2D eigenvalue weighted by Crippen LogP contribution is 2.27. The van der Waals surface area contributed by atoms with Crippen LogP contribution in [0.5, 0.6) is 11.5 Å². The first-order valence-corrected chi connectivity index (χ1v) is 8.41. The minimum atomic E-state index is -0.184. The van der Waals surface area contributed by atoms with Gasteiger partial charge >= 0.3 is 0 Å². The van der Waals surface area contributed by atoms with Crippen LogP contribution in [-0.4, -0.2) is 38.2 Å². The minimum absolute atomic E-state index is 0.184. The highest BCUT2D eigenvalue weighted by Gasteiger charge is 2.15. The fraction of sp³-hybridized carbons (Fsp3) is 0.368. The minimum Gasteiger partial charge on any atom is -0.493 e. The third-order valence-corrected chi connectivity index (χ3v) is 4.35. The maximum Gasteiger partial charge on any atom is 0.270 e. The van der Waals surface area contributed by atoms with Crippen LogP contribution in [0.3, 0.4) is 0 Å². The van der Waals surface area contributed by atoms with Gasteiger partial charge in [0.15, 0.2) is 11.5 Å². The van der Waals surface area contributed by atoms with E-state index in [1.165, 1.54) is 12.8 Å². The molecule has 1 aliphatic heterocycles. The molecule has 1 aromatic heterocycles. The zero-order chi connectivity index (χ0) is 17.6. The van der Waals surface area contributed by atoms with Crippen molar-refractivity contribution >= 4 is 11.6 Å². The molecule has 2 heterocycles. The molecule has 0 saturated carbocycles. The summed E-state index contributed by atoms with van der Waals surface area (Å²) in [5.41, 5.74) is 2.43. The summed E-state index contributed by atoms with van der Waals surface area (Å²) in [6.07, 6.45) is 4.09. The Balaban J connectivity index is 1.65. The van der Waals surface area contributed by atoms with Crippen molar-refractivity contribution in [2.45, 2.75) is 19.4 Å². The van der Waals surface area contributed by atoms with Crippen molar-refractivity contribution in [2.24, 2.45) is 0 Å². The number of carbonyl (C=O) groups excluding carboxylic acids is 1. The Kier molecular flexibility index (Phi) is 5.38. The van der Waals surface area contributed by atoms with Gasteiger partial charge in [0.25, 0.3) is 5.91 Å². The summed E-state index contributed by atoms with van der Waals surface area (Å²) in [5.74, 6) is 1.12. The number of carbonyl (C=O) groups is 1. The first-order chi connectivity index (χ1) is 12.2. The van der Waals surface area contributed by atoms with Gasteiger partial charge in [0.2, 0.25) is 0 Å². The Morgan fingerprint density at radius 2 is 1.88 bits per heavy atom. The summed E-state index contributed by atoms with van der Waals surface area (Å²) >= 11 is 0. The lowest BCUT2D eigenvalue weighted by molar-refractivity contribution is 0.0946. The molecule has 2 aromatic rings. The van der Waals surface area contributed by atoms with Crippen molar-refractivity contribution in [1.82, 2.24) is 10.3 Å². The number of pyridine rings is 1. The summed E-state index contributed by atoms with van der Waals surface area (Å²) in [4.78, 5) is 18.9. The lowest BCUT2D eigenvalue weighted by Gasteiger charge is -2.17. The number of nitrogens with zero attached hydrogens (tertiary/aromatic N) is 2. The molecule has 0 bridgehead atoms. The molecular formula is C19H23N3O3. The number of hydrogen-bond donors (Lipinski definition) is 1. The molecule has 1 aromatic carbocycles. The van der Waals surface area contributed by atoms with Gasteiger partial charge in [0, 0.05) is 31.5 Å². The van der Waals surface area contributed by atoms with Crippen LogP contribution in [0.25, 0.3) is 0 Å². The van der Waals surface area contributed by atoms with Crippen LogP contribution in [0.1, 0.15) is 28.9 Å². The number of amides is 1. The number of nitrogens with one attached hydrogen (secondary N) is 1. The number of rotatable bonds is 6. The molecule has 1 N–H and O–H groups in total. The molecule has 1 fully saturated rings. The van der Waals surface area contributed by atoms with E-state index >= 15 is 0 Å². The van der Waals surface area contributed by atoms with Gasteiger partial charge in [-0.05, 0) is 42.7 Å². The Hall–Kier alpha value is -2.76. The molecule has 6 heteroatoms. The summed E-state index contributed by atoms with van der Waals surface area (Å²) < 4.78 is 10.5. The van der Waals surface area contributed by atoms with Gasteiger partial charge in [0.1, 0.15) is 5.69 Å². The predicted octanol–water partition coefficient (Wildman–Crippen LogP) is 2.63. The van der Waals surface area contributed by atoms with Gasteiger partial charge in [-0.15, -0.1) is 0 Å². The molecule has 0 unspecified atom stereocenters. The maximum atomic E-state index is 12.4. The summed E-state index contributed by atoms with van der Waals surface area (Å²) in [6.45, 7) is 2.47. The van der Waals surface area contributed by atoms with Crippen molar-refractivity contribution in [3.8, 4) is 11.5 Å². The van der Waals surface area contributed by atoms with E-state index in [1.54, 1.807) is 20.4 Å². The molecule has 0 atom stereocenters. The second-order valence-corrected chi connectivity index (χ2v) is 5.97. The number of ether oxygens (including phenoxy) is 2. The third kappa shape index (κ3) is 4.02. The lowest BCUT2D eigenvalue weighted by atomic mass is 10.2. The highest BCUT2D eigenvalue weighted by molar-refractivity contribution is 5.93. The number of methoxy groups -OCH3 is 2. The number of benzene rings is 1. The van der Waals surface area contributed by atoms with Crippen LogP contribution < -0.4 is 19.7 Å². The topological polar surface area (TPSA) is 63.7 Å². The van der Waals surface area contributed by atoms with E-state index in [9.17, 15) is 4.79 Å². The molecule has 3 rings (SSSR count). The zero-order valence-electron chi connectivity index (χ0n) is 14.6. The van der Waals surface area contributed by atoms with Gasteiger partial charge in [-0.25, -0.2) is 0 Å². The summed E-state index contributed by atoms with van der Waals surface area (Å²) in [6, 6.07) is 9.39. The van der Waals surface area contributed by atoms with E-state index in [0.717, 1.165) is 24.3 Å². The van der Waals surface area contributed by atoms with Crippen molar-refractivity contribution < 1.29 is 14.3 Å². The van der Waals surface area contributed by atoms with Gasteiger partial charge in [-0.1, -0.05) is 6.07 Å². The second kappa shape index (κ2) is 7.88. The van der Waals surface area contributed by atoms with Crippen molar-refractivity contribution in [3.63, 3.8) is 0 Å². The van der Waals surface area contributed by atoms with Crippen LogP contribution in [0.4, 0.5) is 5.69 Å². The largest absolute Gasteiger partial charge is 0.493 e. The van der Waals surface area contributed by atoms with Gasteiger partial charge in [0.05, 0.1) is 14.2 Å². The van der Waals surface area contributed by atoms with E-state index in [2.05, 4.69) is 15.2 Å². The summed E-state index contributed by atoms with van der Waals surface area (Å²) in [5, 5.41) is 2.91. The molecular weight excluding hydrogens is 318 g/mol. The average molecular weight is 341 g/mol. The second-order valence-electron chi connectivity index (χ2n) is 5.97. The smallest absolute Gasteiger partial charge is 0.270 e. The zero-order valence-corrected chi connectivity index (χ0v) is 14.6. The number of aromatic nitrogens is 1. The molecule has 25 heavy (non-hydrogen) atoms. The van der Waals surface area contributed by atoms with Crippen molar-refractivity contribution in [3.05, 3.63) is 47.8 Å². The number of anilines is 1. The average Bonchev–Trinajstić information content (AvgIpc) is 3.20. The van der Waals surface area contributed by atoms with Crippen LogP contribution >= 0.6 is 0 Å². The molecule has 1 aliphatic rings. The van der Waals surface area contributed by atoms with Gasteiger partial charge in [-0.3, -0.25) is 9.78 Å². The fourth-order valence-electron chi connectivity index (χ4n) is 2.98. The van der Waals surface area contributed by atoms with Crippen LogP contribution in [0.15, 0.2) is 36.5 Å². The molecule has 6 nitrogen and oxygen atoms in total. The monoisotopic (exact) mass is 341 g/mol. The molecule has 132 valence electrons. The van der Waals surface area contributed by atoms with Crippen molar-refractivity contribution in [1.29, 1.82) is 0 Å². The maximum absolute atomic E-state index is 12.4. The van der Waals surface area contributed by atoms with Crippen LogP contribution in [-0.2, 0) is 6.54 Å². The Bertz CT molecular complexity index is 742. The molecule has 0 radical (unpaired) electrons. The predicted molar refractivity (Wildman–Crippen MR) is 96.4 cm³/mol. The molecule has 1 saturated heterocycles. The van der Waals surface area contributed by atoms with E-state index in [1.807, 2.05) is 30.3 Å². The number of hydrogen-bond acceptors (Lipinski definition) is 5. The van der Waals surface area contributed by atoms with Crippen LogP contribution in [0.2, 0.25) is 0 Å². The first-order valence-electron chi connectivity index (χ1n) is 8.41. The molecule has 0 spiro atoms. The first kappa shape index (κ1) is 17.1. The Morgan fingerprint density at radius 1 is 1.12 bits per heavy atom. The van der Waals surface area contributed by atoms with E-state index in [0.29, 0.717) is 23.7 Å². The van der Waals surface area contributed by atoms with E-state index in [4.69, 9.17) is 9.47 Å². The standard InChI is InChI=1S/C19H23N3O3/c1-24-17-6-5-14(11-18(17)25-2)13-21-19(23)16-12-15(7-8-20-16)22-9-3-4-10-22/h5-8,11-12H,3-4,9-10,13H2,1-2H3,(H,21,23). The third-order valence-electron chi connectivity index (χ3n) is 4.35. The van der Waals surface area contributed by atoms with Gasteiger partial charge < -0.3 is 19.7 Å². The quantitative estimate of drug-likeness (QED) is 0.875. The SMILES string of the molecule is COc1ccc(CNC(=O)c2cc(N3CCCC3)ccn2)cc1OC. The van der Waals surface area contributed by atoms with Gasteiger partial charge in [-0.2, -0.15) is 0 Å². The Labute approximate surface area is 147 Å². The van der Waals surface area contributed by atoms with E-state index < -0.39 is 0 Å². The fourth-order valence-corrected chi connectivity index (χ4v) is 2.98. The molecule has 1 amide bonds. The summed E-state index contributed by atoms with van der Waals surface area (Å²) in [7, 11) is 3.19.